The monoisotopic (exact) mass is 352 g/mol. The summed E-state index contributed by atoms with van der Waals surface area (Å²) in [6.45, 7) is 0.114. The summed E-state index contributed by atoms with van der Waals surface area (Å²) in [5.74, 6) is -0.555. The predicted molar refractivity (Wildman–Crippen MR) is 83.7 cm³/mol. The first kappa shape index (κ1) is 15.8. The minimum absolute atomic E-state index is 0.0616. The number of hydrogen-bond donors (Lipinski definition) is 1. The number of amides is 1. The number of nitrogens with zero attached hydrogens (tertiary/aromatic N) is 1. The molecule has 0 spiro atoms. The van der Waals surface area contributed by atoms with E-state index in [1.165, 1.54) is 24.5 Å². The molecule has 0 radical (unpaired) electrons. The van der Waals surface area contributed by atoms with Crippen LogP contribution in [0.2, 0.25) is 5.02 Å². The van der Waals surface area contributed by atoms with E-state index in [2.05, 4.69) is 9.71 Å². The van der Waals surface area contributed by atoms with Crippen LogP contribution in [0.1, 0.15) is 5.56 Å². The number of nitrogens with one attached hydrogen (secondary N) is 1. The third kappa shape index (κ3) is 3.46. The third-order valence-corrected chi connectivity index (χ3v) is 5.05. The molecule has 1 aliphatic heterocycles. The Morgan fingerprint density at radius 2 is 2.17 bits per heavy atom. The fourth-order valence-electron chi connectivity index (χ4n) is 2.31. The van der Waals surface area contributed by atoms with Crippen molar-refractivity contribution in [1.29, 1.82) is 0 Å². The van der Waals surface area contributed by atoms with Crippen molar-refractivity contribution in [3.63, 3.8) is 0 Å². The first-order chi connectivity index (χ1) is 11.0. The lowest BCUT2D eigenvalue weighted by Crippen LogP contribution is -2.40. The van der Waals surface area contributed by atoms with E-state index < -0.39 is 21.8 Å². The molecule has 2 heterocycles. The molecule has 1 amide bonds. The number of sulfonamides is 1. The van der Waals surface area contributed by atoms with Crippen molar-refractivity contribution < 1.29 is 17.9 Å². The van der Waals surface area contributed by atoms with Gasteiger partial charge in [-0.25, -0.2) is 13.1 Å². The maximum absolute atomic E-state index is 12.3. The molecule has 1 aromatic carbocycles. The number of halogens is 1. The molecule has 8 heteroatoms. The van der Waals surface area contributed by atoms with Crippen LogP contribution in [0.3, 0.4) is 0 Å². The summed E-state index contributed by atoms with van der Waals surface area (Å²) < 4.78 is 31.9. The maximum Gasteiger partial charge on any atom is 0.265 e. The second-order valence-corrected chi connectivity index (χ2v) is 7.24. The second kappa shape index (κ2) is 6.17. The molecule has 1 aromatic heterocycles. The number of pyridine rings is 1. The van der Waals surface area contributed by atoms with Crippen LogP contribution in [-0.4, -0.2) is 25.9 Å². The van der Waals surface area contributed by atoms with Gasteiger partial charge < -0.3 is 4.74 Å². The highest BCUT2D eigenvalue weighted by atomic mass is 35.5. The number of benzene rings is 1. The van der Waals surface area contributed by atoms with E-state index in [4.69, 9.17) is 16.3 Å². The zero-order chi connectivity index (χ0) is 16.4. The summed E-state index contributed by atoms with van der Waals surface area (Å²) in [6.07, 6.45) is 3.00. The molecule has 1 atom stereocenters. The van der Waals surface area contributed by atoms with Crippen molar-refractivity contribution in [2.45, 2.75) is 11.3 Å². The van der Waals surface area contributed by atoms with Gasteiger partial charge >= 0.3 is 0 Å². The van der Waals surface area contributed by atoms with Crippen LogP contribution >= 0.6 is 11.6 Å². The van der Waals surface area contributed by atoms with E-state index in [1.807, 2.05) is 0 Å². The van der Waals surface area contributed by atoms with Gasteiger partial charge in [0, 0.05) is 17.4 Å². The number of ether oxygens (including phenoxy) is 1. The van der Waals surface area contributed by atoms with Gasteiger partial charge in [0.1, 0.15) is 17.3 Å². The molecule has 1 unspecified atom stereocenters. The summed E-state index contributed by atoms with van der Waals surface area (Å²) in [5.41, 5.74) is 0.780. The van der Waals surface area contributed by atoms with Gasteiger partial charge in [0.25, 0.3) is 10.0 Å². The highest BCUT2D eigenvalue weighted by Gasteiger charge is 2.29. The van der Waals surface area contributed by atoms with Crippen molar-refractivity contribution in [3.8, 4) is 5.75 Å². The standard InChI is InChI=1S/C15H13ClN2O4S/c16-12-3-4-14-10(7-12)6-11(9-22-14)15(19)18-23(20,21)13-2-1-5-17-8-13/h1-5,7-8,11H,6,9H2,(H,18,19). The Bertz CT molecular complexity index is 840. The Labute approximate surface area is 138 Å². The highest BCUT2D eigenvalue weighted by molar-refractivity contribution is 7.90. The van der Waals surface area contributed by atoms with Crippen LogP contribution in [0.4, 0.5) is 0 Å². The Hall–Kier alpha value is -2.12. The van der Waals surface area contributed by atoms with Crippen LogP contribution in [0.5, 0.6) is 5.75 Å². The fourth-order valence-corrected chi connectivity index (χ4v) is 3.51. The zero-order valence-corrected chi connectivity index (χ0v) is 13.5. The van der Waals surface area contributed by atoms with Crippen LogP contribution < -0.4 is 9.46 Å². The van der Waals surface area contributed by atoms with Crippen molar-refractivity contribution >= 4 is 27.5 Å². The molecule has 6 nitrogen and oxygen atoms in total. The smallest absolute Gasteiger partial charge is 0.265 e. The number of aromatic nitrogens is 1. The first-order valence-electron chi connectivity index (χ1n) is 6.83. The topological polar surface area (TPSA) is 85.4 Å². The van der Waals surface area contributed by atoms with E-state index in [1.54, 1.807) is 18.2 Å². The summed E-state index contributed by atoms with van der Waals surface area (Å²) in [6, 6.07) is 8.01. The number of carbonyl (C=O) groups excluding carboxylic acids is 1. The molecule has 23 heavy (non-hydrogen) atoms. The van der Waals surface area contributed by atoms with Gasteiger partial charge in [-0.1, -0.05) is 11.6 Å². The fraction of sp³-hybridized carbons (Fsp3) is 0.200. The van der Waals surface area contributed by atoms with Crippen molar-refractivity contribution in [3.05, 3.63) is 53.3 Å². The summed E-state index contributed by atoms with van der Waals surface area (Å²) >= 11 is 5.93. The summed E-state index contributed by atoms with van der Waals surface area (Å²) in [5, 5.41) is 0.538. The van der Waals surface area contributed by atoms with Crippen molar-refractivity contribution in [2.75, 3.05) is 6.61 Å². The Balaban J connectivity index is 1.75. The van der Waals surface area contributed by atoms with Gasteiger partial charge in [0.05, 0.1) is 5.92 Å². The number of rotatable bonds is 3. The molecule has 0 fully saturated rings. The van der Waals surface area contributed by atoms with E-state index >= 15 is 0 Å². The molecular weight excluding hydrogens is 340 g/mol. The Kier molecular flexibility index (Phi) is 4.23. The second-order valence-electron chi connectivity index (χ2n) is 5.12. The quantitative estimate of drug-likeness (QED) is 0.910. The number of fused-ring (bicyclic) bond motifs is 1. The van der Waals surface area contributed by atoms with Crippen molar-refractivity contribution in [1.82, 2.24) is 9.71 Å². The Morgan fingerprint density at radius 1 is 1.35 bits per heavy atom. The van der Waals surface area contributed by atoms with Crippen LogP contribution in [0, 0.1) is 5.92 Å². The average Bonchev–Trinajstić information content (AvgIpc) is 2.54. The molecule has 0 bridgehead atoms. The van der Waals surface area contributed by atoms with Crippen LogP contribution in [0.25, 0.3) is 0 Å². The van der Waals surface area contributed by atoms with E-state index in [0.717, 1.165) is 5.56 Å². The average molecular weight is 353 g/mol. The summed E-state index contributed by atoms with van der Waals surface area (Å²) in [7, 11) is -3.94. The predicted octanol–water partition coefficient (Wildman–Crippen LogP) is 1.79. The van der Waals surface area contributed by atoms with Gasteiger partial charge in [0.2, 0.25) is 5.91 Å². The molecule has 1 aliphatic rings. The molecule has 2 aromatic rings. The van der Waals surface area contributed by atoms with Crippen LogP contribution in [0.15, 0.2) is 47.6 Å². The Morgan fingerprint density at radius 3 is 2.91 bits per heavy atom. The normalized spacial score (nSPS) is 17.0. The summed E-state index contributed by atoms with van der Waals surface area (Å²) in [4.78, 5) is 15.9. The van der Waals surface area contributed by atoms with Crippen LogP contribution in [-0.2, 0) is 21.2 Å². The van der Waals surface area contributed by atoms with Gasteiger partial charge in [-0.2, -0.15) is 0 Å². The molecule has 1 N–H and O–H groups in total. The molecule has 0 saturated carbocycles. The van der Waals surface area contributed by atoms with Gasteiger partial charge in [-0.05, 0) is 42.3 Å². The van der Waals surface area contributed by atoms with Gasteiger partial charge in [-0.15, -0.1) is 0 Å². The molecule has 0 aliphatic carbocycles. The highest BCUT2D eigenvalue weighted by Crippen LogP contribution is 2.30. The minimum atomic E-state index is -3.94. The first-order valence-corrected chi connectivity index (χ1v) is 8.70. The minimum Gasteiger partial charge on any atom is -0.492 e. The van der Waals surface area contributed by atoms with E-state index in [-0.39, 0.29) is 11.5 Å². The molecular formula is C15H13ClN2O4S. The number of carbonyl (C=O) groups is 1. The van der Waals surface area contributed by atoms with E-state index in [0.29, 0.717) is 17.2 Å². The van der Waals surface area contributed by atoms with Gasteiger partial charge in [-0.3, -0.25) is 9.78 Å². The van der Waals surface area contributed by atoms with E-state index in [9.17, 15) is 13.2 Å². The largest absolute Gasteiger partial charge is 0.492 e. The molecule has 120 valence electrons. The molecule has 0 saturated heterocycles. The third-order valence-electron chi connectivity index (χ3n) is 3.48. The van der Waals surface area contributed by atoms with Gasteiger partial charge in [0.15, 0.2) is 0 Å². The lowest BCUT2D eigenvalue weighted by molar-refractivity contribution is -0.124. The molecule has 3 rings (SSSR count). The number of hydrogen-bond acceptors (Lipinski definition) is 5. The lowest BCUT2D eigenvalue weighted by Gasteiger charge is -2.24. The lowest BCUT2D eigenvalue weighted by atomic mass is 9.96. The van der Waals surface area contributed by atoms with Crippen molar-refractivity contribution in [2.24, 2.45) is 5.92 Å². The maximum atomic E-state index is 12.3. The zero-order valence-electron chi connectivity index (χ0n) is 11.9. The SMILES string of the molecule is O=C(NS(=O)(=O)c1cccnc1)C1COc2ccc(Cl)cc2C1.